The second-order valence-electron chi connectivity index (χ2n) is 30.8. The summed E-state index contributed by atoms with van der Waals surface area (Å²) in [5.41, 5.74) is 3.75. The Labute approximate surface area is 588 Å². The Kier molecular flexibility index (Phi) is 28.7. The van der Waals surface area contributed by atoms with Gasteiger partial charge in [-0.2, -0.15) is 0 Å². The normalized spacial score (nSPS) is 19.8. The first-order valence-corrected chi connectivity index (χ1v) is 38.9. The number of hydrogen-bond acceptors (Lipinski definition) is 8. The van der Waals surface area contributed by atoms with E-state index in [0.29, 0.717) is 56.6 Å². The number of rotatable bonds is 16. The van der Waals surface area contributed by atoms with Crippen molar-refractivity contribution in [1.82, 2.24) is 39.2 Å². The highest BCUT2D eigenvalue weighted by Crippen LogP contribution is 2.33. The fourth-order valence-electron chi connectivity index (χ4n) is 17.5. The van der Waals surface area contributed by atoms with Gasteiger partial charge in [-0.15, -0.1) is 0 Å². The second kappa shape index (κ2) is 37.2. The van der Waals surface area contributed by atoms with Gasteiger partial charge >= 0.3 is 0 Å². The lowest BCUT2D eigenvalue weighted by Gasteiger charge is -2.34. The predicted octanol–water partition coefficient (Wildman–Crippen LogP) is 16.3. The molecule has 8 saturated carbocycles. The summed E-state index contributed by atoms with van der Waals surface area (Å²) < 4.78 is 0. The lowest BCUT2D eigenvalue weighted by molar-refractivity contribution is 0.0654. The summed E-state index contributed by atoms with van der Waals surface area (Å²) in [6.07, 6.45) is 44.8. The molecular formula is C82H122N8O8. The maximum atomic E-state index is 13.8. The van der Waals surface area contributed by atoms with Gasteiger partial charge in [0, 0.05) is 127 Å². The first-order chi connectivity index (χ1) is 47.3. The molecule has 16 nitrogen and oxygen atoms in total. The third-order valence-electron chi connectivity index (χ3n) is 24.3. The van der Waals surface area contributed by atoms with Crippen LogP contribution in [0.5, 0.6) is 0 Å². The number of hydrogen-bond donors (Lipinski definition) is 0. The van der Waals surface area contributed by atoms with Crippen molar-refractivity contribution in [1.29, 1.82) is 0 Å². The number of benzene rings is 3. The van der Waals surface area contributed by atoms with Crippen molar-refractivity contribution in [2.45, 2.75) is 305 Å². The molecule has 8 amide bonds. The first-order valence-electron chi connectivity index (χ1n) is 38.9. The van der Waals surface area contributed by atoms with Gasteiger partial charge in [-0.3, -0.25) is 38.4 Å². The molecule has 0 atom stereocenters. The highest BCUT2D eigenvalue weighted by atomic mass is 16.2. The van der Waals surface area contributed by atoms with Crippen molar-refractivity contribution >= 4 is 47.3 Å². The molecule has 538 valence electrons. The van der Waals surface area contributed by atoms with Gasteiger partial charge in [-0.1, -0.05) is 166 Å². The Hall–Kier alpha value is -6.58. The van der Waals surface area contributed by atoms with Gasteiger partial charge in [-0.05, 0) is 151 Å². The van der Waals surface area contributed by atoms with Crippen LogP contribution in [-0.2, 0) is 0 Å². The summed E-state index contributed by atoms with van der Waals surface area (Å²) in [5.74, 6) is -0.616. The first kappa shape index (κ1) is 75.6. The summed E-state index contributed by atoms with van der Waals surface area (Å²) in [5, 5.41) is 0. The predicted molar refractivity (Wildman–Crippen MR) is 391 cm³/mol. The molecule has 0 aromatic heterocycles. The Morgan fingerprint density at radius 2 is 0.378 bits per heavy atom. The molecule has 16 heteroatoms. The Morgan fingerprint density at radius 3 is 0.592 bits per heavy atom. The molecule has 0 saturated heterocycles. The lowest BCUT2D eigenvalue weighted by atomic mass is 9.92. The maximum Gasteiger partial charge on any atom is 0.254 e. The molecule has 0 aliphatic heterocycles. The van der Waals surface area contributed by atoms with Crippen LogP contribution >= 0.6 is 0 Å². The zero-order valence-electron chi connectivity index (χ0n) is 61.5. The lowest BCUT2D eigenvalue weighted by Crippen LogP contribution is -2.42. The molecule has 0 unspecified atom stereocenters. The van der Waals surface area contributed by atoms with E-state index >= 15 is 0 Å². The van der Waals surface area contributed by atoms with Crippen LogP contribution in [0.4, 0.5) is 0 Å². The van der Waals surface area contributed by atoms with Crippen molar-refractivity contribution in [3.63, 3.8) is 0 Å². The third kappa shape index (κ3) is 19.5. The average molecular weight is 1350 g/mol. The summed E-state index contributed by atoms with van der Waals surface area (Å²) >= 11 is 0. The quantitative estimate of drug-likeness (QED) is 0.137. The fraction of sp³-hybridized carbons (Fsp3) is 0.683. The van der Waals surface area contributed by atoms with E-state index in [1.807, 2.05) is 120 Å². The molecule has 0 spiro atoms. The van der Waals surface area contributed by atoms with Crippen molar-refractivity contribution in [3.05, 3.63) is 105 Å². The van der Waals surface area contributed by atoms with E-state index in [4.69, 9.17) is 0 Å². The topological polar surface area (TPSA) is 162 Å². The van der Waals surface area contributed by atoms with Crippen LogP contribution in [0.2, 0.25) is 0 Å². The largest absolute Gasteiger partial charge is 0.339 e. The van der Waals surface area contributed by atoms with Crippen LogP contribution < -0.4 is 0 Å². The van der Waals surface area contributed by atoms with Crippen LogP contribution in [0.1, 0.15) is 340 Å². The Bertz CT molecular complexity index is 2950. The monoisotopic (exact) mass is 1350 g/mol. The summed E-state index contributed by atoms with van der Waals surface area (Å²) in [7, 11) is 15.0. The zero-order chi connectivity index (χ0) is 69.8. The molecule has 0 bridgehead atoms. The number of carbonyl (C=O) groups excluding carboxylic acids is 8. The minimum atomic E-state index is -0.141. The van der Waals surface area contributed by atoms with Crippen molar-refractivity contribution in [2.75, 3.05) is 56.4 Å². The number of amides is 8. The molecular weight excluding hydrogens is 1220 g/mol. The minimum absolute atomic E-state index is 0.0158. The second-order valence-corrected chi connectivity index (χ2v) is 30.8. The van der Waals surface area contributed by atoms with Crippen molar-refractivity contribution < 1.29 is 38.4 Å². The van der Waals surface area contributed by atoms with Gasteiger partial charge in [0.2, 0.25) is 0 Å². The molecule has 0 heterocycles. The van der Waals surface area contributed by atoms with E-state index in [2.05, 4.69) is 0 Å². The van der Waals surface area contributed by atoms with Crippen LogP contribution in [0.25, 0.3) is 0 Å². The summed E-state index contributed by atoms with van der Waals surface area (Å²) in [6, 6.07) is 19.6. The summed E-state index contributed by atoms with van der Waals surface area (Å²) in [6.45, 7) is 0. The van der Waals surface area contributed by atoms with Gasteiger partial charge in [-0.25, -0.2) is 0 Å². The van der Waals surface area contributed by atoms with Crippen LogP contribution in [-0.4, -0.2) is 191 Å². The Balaban J connectivity index is 0.000000175. The van der Waals surface area contributed by atoms with Gasteiger partial charge in [0.1, 0.15) is 0 Å². The van der Waals surface area contributed by atoms with E-state index in [0.717, 1.165) is 180 Å². The smallest absolute Gasteiger partial charge is 0.254 e. The fourth-order valence-corrected chi connectivity index (χ4v) is 17.5. The molecule has 8 aliphatic rings. The SMILES string of the molecule is CN(C(=O)c1cc(C(=O)N(C)C2CCCCC2)cc(C(=O)N(C)C2CCCCC2)c1)C1CCCCC1.CN(C(=O)c1ccc(C(=O)N(C)C2CCCCC2)c(C(=O)N(C)C2CCCCC2)c1)C1CCCCC1.CN(C(=O)c1ccccc1C(=O)N(C)C1CCCCC1)C1CCCCC1. The molecule has 0 radical (unpaired) electrons. The van der Waals surface area contributed by atoms with E-state index in [1.54, 1.807) is 36.4 Å². The molecule has 8 aliphatic carbocycles. The van der Waals surface area contributed by atoms with Gasteiger partial charge in [0.25, 0.3) is 47.3 Å². The maximum absolute atomic E-state index is 13.8. The minimum Gasteiger partial charge on any atom is -0.339 e. The van der Waals surface area contributed by atoms with Crippen LogP contribution in [0.3, 0.4) is 0 Å². The third-order valence-corrected chi connectivity index (χ3v) is 24.3. The van der Waals surface area contributed by atoms with E-state index in [1.165, 1.54) is 77.0 Å². The molecule has 98 heavy (non-hydrogen) atoms. The summed E-state index contributed by atoms with van der Waals surface area (Å²) in [4.78, 5) is 123. The van der Waals surface area contributed by atoms with E-state index < -0.39 is 0 Å². The van der Waals surface area contributed by atoms with E-state index in [-0.39, 0.29) is 83.5 Å². The standard InChI is InChI=1S/2C30H45N3O3.C22H32N2O2/c1-31(25-13-7-4-8-14-25)28(34)22-19-23(29(35)32(2)26-15-9-5-10-16-26)21-24(20-22)30(36)33(3)27-17-11-6-12-18-27;1-31(23-13-7-4-8-14-23)28(34)22-19-20-26(29(35)32(2)24-15-9-5-10-16-24)27(21-22)30(36)33(3)25-17-11-6-12-18-25;1-23(17-11-5-3-6-12-17)21(25)19-15-9-10-16-20(19)22(26)24(2)18-13-7-4-8-14-18/h19-21,25-27H,4-18H2,1-3H3;19-21,23-25H,4-18H2,1-3H3;9-10,15-18H,3-8,11-14H2,1-2H3. The number of carbonyl (C=O) groups is 8. The highest BCUT2D eigenvalue weighted by molar-refractivity contribution is 6.10. The Morgan fingerprint density at radius 1 is 0.204 bits per heavy atom. The molecule has 11 rings (SSSR count). The molecule has 0 N–H and O–H groups in total. The van der Waals surface area contributed by atoms with Gasteiger partial charge < -0.3 is 39.2 Å². The van der Waals surface area contributed by atoms with Crippen LogP contribution in [0.15, 0.2) is 60.7 Å². The molecule has 8 fully saturated rings. The van der Waals surface area contributed by atoms with Crippen molar-refractivity contribution in [3.8, 4) is 0 Å². The van der Waals surface area contributed by atoms with E-state index in [9.17, 15) is 38.4 Å². The van der Waals surface area contributed by atoms with Gasteiger partial charge in [0.15, 0.2) is 0 Å². The van der Waals surface area contributed by atoms with Crippen LogP contribution in [0, 0.1) is 0 Å². The number of nitrogens with zero attached hydrogens (tertiary/aromatic N) is 8. The zero-order valence-corrected chi connectivity index (χ0v) is 61.5. The molecule has 3 aromatic rings. The highest BCUT2D eigenvalue weighted by Gasteiger charge is 2.35. The van der Waals surface area contributed by atoms with Gasteiger partial charge in [0.05, 0.1) is 22.3 Å². The van der Waals surface area contributed by atoms with Crippen molar-refractivity contribution in [2.24, 2.45) is 0 Å². The molecule has 3 aromatic carbocycles. The average Bonchev–Trinajstić information content (AvgIpc) is 0.809.